The summed E-state index contributed by atoms with van der Waals surface area (Å²) in [5.74, 6) is 0.216. The largest absolute Gasteiger partial charge is 0.396 e. The lowest BCUT2D eigenvalue weighted by Gasteiger charge is -2.20. The van der Waals surface area contributed by atoms with Crippen LogP contribution in [0.2, 0.25) is 0 Å². The van der Waals surface area contributed by atoms with Gasteiger partial charge in [-0.2, -0.15) is 0 Å². The number of aliphatic hydroxyl groups excluding tert-OH is 1. The van der Waals surface area contributed by atoms with Crippen molar-refractivity contribution in [1.82, 2.24) is 5.32 Å². The van der Waals surface area contributed by atoms with Crippen molar-refractivity contribution < 1.29 is 14.7 Å². The molecule has 0 aliphatic heterocycles. The molecule has 5 nitrogen and oxygen atoms in total. The van der Waals surface area contributed by atoms with Crippen LogP contribution in [0.25, 0.3) is 0 Å². The maximum absolute atomic E-state index is 11.9. The highest BCUT2D eigenvalue weighted by molar-refractivity contribution is 5.94. The van der Waals surface area contributed by atoms with Crippen LogP contribution in [-0.2, 0) is 16.0 Å². The number of nitrogens with one attached hydrogen (secondary N) is 2. The second-order valence-electron chi connectivity index (χ2n) is 6.20. The van der Waals surface area contributed by atoms with E-state index in [-0.39, 0.29) is 25.0 Å². The molecule has 126 valence electrons. The number of benzene rings is 1. The molecule has 0 heterocycles. The highest BCUT2D eigenvalue weighted by atomic mass is 16.3. The minimum atomic E-state index is -0.225. The molecular formula is C18H26N2O3. The SMILES string of the molecule is O=C(CC1CCCCC1)NCC(=O)Nc1ccc(CCO)cc1. The van der Waals surface area contributed by atoms with Gasteiger partial charge in [-0.15, -0.1) is 0 Å². The van der Waals surface area contributed by atoms with Crippen LogP contribution in [0.4, 0.5) is 5.69 Å². The van der Waals surface area contributed by atoms with Crippen LogP contribution >= 0.6 is 0 Å². The minimum Gasteiger partial charge on any atom is -0.396 e. The van der Waals surface area contributed by atoms with E-state index in [0.29, 0.717) is 24.4 Å². The molecule has 0 radical (unpaired) electrons. The average Bonchev–Trinajstić information content (AvgIpc) is 2.56. The van der Waals surface area contributed by atoms with E-state index in [0.717, 1.165) is 18.4 Å². The van der Waals surface area contributed by atoms with Crippen molar-refractivity contribution in [1.29, 1.82) is 0 Å². The van der Waals surface area contributed by atoms with E-state index >= 15 is 0 Å². The summed E-state index contributed by atoms with van der Waals surface area (Å²) in [6, 6.07) is 7.33. The molecule has 0 aromatic heterocycles. The highest BCUT2D eigenvalue weighted by Gasteiger charge is 2.17. The fraction of sp³-hybridized carbons (Fsp3) is 0.556. The first-order chi connectivity index (χ1) is 11.2. The van der Waals surface area contributed by atoms with Crippen molar-refractivity contribution in [3.63, 3.8) is 0 Å². The van der Waals surface area contributed by atoms with Crippen molar-refractivity contribution in [2.45, 2.75) is 44.9 Å². The van der Waals surface area contributed by atoms with Crippen molar-refractivity contribution >= 4 is 17.5 Å². The van der Waals surface area contributed by atoms with Crippen LogP contribution < -0.4 is 10.6 Å². The number of carbonyl (C=O) groups excluding carboxylic acids is 2. The normalized spacial score (nSPS) is 15.2. The lowest BCUT2D eigenvalue weighted by Crippen LogP contribution is -2.34. The molecule has 0 unspecified atom stereocenters. The van der Waals surface area contributed by atoms with E-state index in [9.17, 15) is 9.59 Å². The standard InChI is InChI=1S/C18H26N2O3/c21-11-10-14-6-8-16(9-7-14)20-18(23)13-19-17(22)12-15-4-2-1-3-5-15/h6-9,15,21H,1-5,10-13H2,(H,19,22)(H,20,23). The van der Waals surface area contributed by atoms with Crippen LogP contribution in [0.3, 0.4) is 0 Å². The summed E-state index contributed by atoms with van der Waals surface area (Å²) in [4.78, 5) is 23.7. The minimum absolute atomic E-state index is 0.00391. The lowest BCUT2D eigenvalue weighted by atomic mass is 9.87. The molecule has 2 amide bonds. The molecule has 1 fully saturated rings. The van der Waals surface area contributed by atoms with E-state index in [2.05, 4.69) is 10.6 Å². The fourth-order valence-corrected chi connectivity index (χ4v) is 2.99. The van der Waals surface area contributed by atoms with Crippen molar-refractivity contribution in [3.8, 4) is 0 Å². The molecule has 1 aromatic rings. The van der Waals surface area contributed by atoms with Gasteiger partial charge in [0.15, 0.2) is 0 Å². The predicted octanol–water partition coefficient (Wildman–Crippen LogP) is 2.25. The zero-order chi connectivity index (χ0) is 16.5. The van der Waals surface area contributed by atoms with Crippen LogP contribution in [0.5, 0.6) is 0 Å². The second kappa shape index (κ2) is 9.30. The molecule has 0 atom stereocenters. The third kappa shape index (κ3) is 6.40. The number of carbonyl (C=O) groups is 2. The van der Waals surface area contributed by atoms with Gasteiger partial charge < -0.3 is 15.7 Å². The molecule has 1 aromatic carbocycles. The average molecular weight is 318 g/mol. The van der Waals surface area contributed by atoms with Gasteiger partial charge in [0.05, 0.1) is 6.54 Å². The number of aliphatic hydroxyl groups is 1. The molecule has 0 bridgehead atoms. The topological polar surface area (TPSA) is 78.4 Å². The summed E-state index contributed by atoms with van der Waals surface area (Å²) < 4.78 is 0. The molecule has 2 rings (SSSR count). The summed E-state index contributed by atoms with van der Waals surface area (Å²) in [5.41, 5.74) is 1.71. The van der Waals surface area contributed by atoms with Crippen molar-refractivity contribution in [2.24, 2.45) is 5.92 Å². The maximum Gasteiger partial charge on any atom is 0.243 e. The Kier molecular flexibility index (Phi) is 7.07. The Hall–Kier alpha value is -1.88. The molecule has 23 heavy (non-hydrogen) atoms. The Bertz CT molecular complexity index is 508. The molecule has 0 saturated heterocycles. The molecule has 0 spiro atoms. The summed E-state index contributed by atoms with van der Waals surface area (Å²) in [6.45, 7) is 0.114. The molecular weight excluding hydrogens is 292 g/mol. The summed E-state index contributed by atoms with van der Waals surface area (Å²) in [5, 5.41) is 14.3. The van der Waals surface area contributed by atoms with Crippen LogP contribution in [0.1, 0.15) is 44.1 Å². The van der Waals surface area contributed by atoms with Gasteiger partial charge in [0.2, 0.25) is 11.8 Å². The molecule has 1 aliphatic carbocycles. The number of hydrogen-bond acceptors (Lipinski definition) is 3. The molecule has 3 N–H and O–H groups in total. The first-order valence-corrected chi connectivity index (χ1v) is 8.43. The summed E-state index contributed by atoms with van der Waals surface area (Å²) >= 11 is 0. The van der Waals surface area contributed by atoms with Gasteiger partial charge in [-0.1, -0.05) is 31.4 Å². The first-order valence-electron chi connectivity index (χ1n) is 8.43. The highest BCUT2D eigenvalue weighted by Crippen LogP contribution is 2.25. The number of rotatable bonds is 7. The maximum atomic E-state index is 11.9. The van der Waals surface area contributed by atoms with Crippen molar-refractivity contribution in [3.05, 3.63) is 29.8 Å². The van der Waals surface area contributed by atoms with Crippen LogP contribution in [-0.4, -0.2) is 30.1 Å². The van der Waals surface area contributed by atoms with Gasteiger partial charge >= 0.3 is 0 Å². The Balaban J connectivity index is 1.68. The van der Waals surface area contributed by atoms with Gasteiger partial charge in [0.25, 0.3) is 0 Å². The quantitative estimate of drug-likeness (QED) is 0.721. The van der Waals surface area contributed by atoms with E-state index in [1.165, 1.54) is 19.3 Å². The Morgan fingerprint density at radius 2 is 1.74 bits per heavy atom. The van der Waals surface area contributed by atoms with E-state index < -0.39 is 0 Å². The predicted molar refractivity (Wildman–Crippen MR) is 90.1 cm³/mol. The first kappa shape index (κ1) is 17.5. The smallest absolute Gasteiger partial charge is 0.243 e. The third-order valence-electron chi connectivity index (χ3n) is 4.28. The van der Waals surface area contributed by atoms with E-state index in [1.54, 1.807) is 12.1 Å². The van der Waals surface area contributed by atoms with Gasteiger partial charge in [0.1, 0.15) is 0 Å². The molecule has 5 heteroatoms. The van der Waals surface area contributed by atoms with E-state index in [4.69, 9.17) is 5.11 Å². The Labute approximate surface area is 137 Å². The van der Waals surface area contributed by atoms with Crippen molar-refractivity contribution in [2.75, 3.05) is 18.5 Å². The second-order valence-corrected chi connectivity index (χ2v) is 6.20. The van der Waals surface area contributed by atoms with Gasteiger partial charge in [-0.25, -0.2) is 0 Å². The zero-order valence-corrected chi connectivity index (χ0v) is 13.5. The number of anilines is 1. The van der Waals surface area contributed by atoms with Gasteiger partial charge in [0, 0.05) is 18.7 Å². The summed E-state index contributed by atoms with van der Waals surface area (Å²) in [6.07, 6.45) is 7.08. The van der Waals surface area contributed by atoms with E-state index in [1.807, 2.05) is 12.1 Å². The summed E-state index contributed by atoms with van der Waals surface area (Å²) in [7, 11) is 0. The third-order valence-corrected chi connectivity index (χ3v) is 4.28. The Morgan fingerprint density at radius 3 is 2.39 bits per heavy atom. The van der Waals surface area contributed by atoms with Gasteiger partial charge in [-0.3, -0.25) is 9.59 Å². The molecule has 1 aliphatic rings. The molecule has 1 saturated carbocycles. The monoisotopic (exact) mass is 318 g/mol. The van der Waals surface area contributed by atoms with Gasteiger partial charge in [-0.05, 0) is 42.9 Å². The lowest BCUT2D eigenvalue weighted by molar-refractivity contribution is -0.125. The van der Waals surface area contributed by atoms with Crippen LogP contribution in [0.15, 0.2) is 24.3 Å². The number of amides is 2. The Morgan fingerprint density at radius 1 is 1.04 bits per heavy atom. The fourth-order valence-electron chi connectivity index (χ4n) is 2.99. The number of hydrogen-bond donors (Lipinski definition) is 3. The zero-order valence-electron chi connectivity index (χ0n) is 13.5. The van der Waals surface area contributed by atoms with Crippen LogP contribution in [0, 0.1) is 5.92 Å².